The third-order valence-electron chi connectivity index (χ3n) is 12.2. The van der Waals surface area contributed by atoms with E-state index in [1.54, 1.807) is 60.7 Å². The Bertz CT molecular complexity index is 5210. The smallest absolute Gasteiger partial charge is 0.0645 e. The van der Waals surface area contributed by atoms with Gasteiger partial charge in [-0.3, -0.25) is 0 Å². The molecule has 2 heteroatoms. The van der Waals surface area contributed by atoms with Crippen molar-refractivity contribution in [3.05, 3.63) is 266 Å². The third kappa shape index (κ3) is 6.57. The summed E-state index contributed by atoms with van der Waals surface area (Å²) in [5.74, 6) is 0. The summed E-state index contributed by atoms with van der Waals surface area (Å²) in [7, 11) is 0. The van der Waals surface area contributed by atoms with Gasteiger partial charge in [0.1, 0.15) is 0 Å². The molecule has 2 aromatic heterocycles. The topological polar surface area (TPSA) is 9.86 Å². The molecule has 13 aromatic rings. The van der Waals surface area contributed by atoms with E-state index in [0.717, 1.165) is 0 Å². The largest absolute Gasteiger partial charge is 0.309 e. The SMILES string of the molecule is [2H]c1c([2H])c([2H])c(-c2cccc(-c3c([2H])c([2H])c([2H])c([2H])c3[2H])c2-c2ccc3c(c2)c2ccccc2n3-c2ccc3c(c2)c2cc(-c4c(-c5c([2H])c([2H])c([2H])c([2H])c5[2H])cccc4-c4c([2H])c([2H])c([2H])c([2H])c4[2H])ccc2n3-c2c([2H])c([2H])c([2H])c([2H])c2[2H])c([2H])c1[2H]. The van der Waals surface area contributed by atoms with Gasteiger partial charge in [-0.1, -0.05) is 206 Å². The van der Waals surface area contributed by atoms with E-state index in [1.807, 2.05) is 34.9 Å². The van der Waals surface area contributed by atoms with Gasteiger partial charge in [0, 0.05) is 32.9 Å². The van der Waals surface area contributed by atoms with Crippen LogP contribution in [-0.4, -0.2) is 9.13 Å². The lowest BCUT2D eigenvalue weighted by molar-refractivity contribution is 1.17. The van der Waals surface area contributed by atoms with Crippen LogP contribution in [0.1, 0.15) is 34.3 Å². The number of aromatic nitrogens is 2. The number of para-hydroxylation sites is 2. The van der Waals surface area contributed by atoms with E-state index in [2.05, 4.69) is 0 Å². The monoisotopic (exact) mass is 890 g/mol. The van der Waals surface area contributed by atoms with Crippen molar-refractivity contribution >= 4 is 43.6 Å². The fourth-order valence-electron chi connectivity index (χ4n) is 9.41. The van der Waals surface area contributed by atoms with Crippen LogP contribution in [0.15, 0.2) is 266 Å². The lowest BCUT2D eigenvalue weighted by Gasteiger charge is -2.17. The molecule has 0 aliphatic carbocycles. The second-order valence-electron chi connectivity index (χ2n) is 15.8. The highest BCUT2D eigenvalue weighted by atomic mass is 15.0. The van der Waals surface area contributed by atoms with E-state index in [4.69, 9.17) is 31.5 Å². The van der Waals surface area contributed by atoms with Crippen LogP contribution >= 0.6 is 0 Å². The molecule has 0 fully saturated rings. The van der Waals surface area contributed by atoms with Crippen molar-refractivity contribution in [3.8, 4) is 78.1 Å². The molecule has 0 N–H and O–H groups in total. The maximum absolute atomic E-state index is 9.26. The van der Waals surface area contributed by atoms with Crippen LogP contribution in [0.5, 0.6) is 0 Å². The van der Waals surface area contributed by atoms with E-state index >= 15 is 0 Å². The van der Waals surface area contributed by atoms with E-state index < -0.39 is 151 Å². The average molecular weight is 890 g/mol. The molecule has 2 nitrogen and oxygen atoms in total. The van der Waals surface area contributed by atoms with Crippen molar-refractivity contribution in [1.29, 1.82) is 0 Å². The first-order chi connectivity index (χ1) is 44.1. The van der Waals surface area contributed by atoms with Crippen LogP contribution in [0.2, 0.25) is 0 Å². The zero-order valence-corrected chi connectivity index (χ0v) is 35.4. The van der Waals surface area contributed by atoms with E-state index in [9.17, 15) is 2.74 Å². The lowest BCUT2D eigenvalue weighted by Crippen LogP contribution is -1.96. The standard InChI is InChI=1S/C66H44N2/c1-6-20-45(21-7-1)53-31-18-32-54(46-22-8-2-9-23-46)65(53)49-36-39-62-58(42-49)57-30-16-17-35-61(57)68(62)52-38-41-64-60(44-52)59-43-50(37-40-63(59)67(64)51-28-14-5-15-29-51)66-55(47-24-10-3-11-25-47)33-19-34-56(66)48-26-12-4-13-27-48/h1-44H/i1D,2D,3D,4D,5D,6D,7D,8D,9D,10D,11D,12D,13D,14D,15D,20D,21D,22D,23D,24D,25D,26D,27D,28D,29D. The van der Waals surface area contributed by atoms with E-state index in [0.29, 0.717) is 54.9 Å². The van der Waals surface area contributed by atoms with Crippen LogP contribution in [0.25, 0.3) is 122 Å². The van der Waals surface area contributed by atoms with Gasteiger partial charge in [-0.15, -0.1) is 0 Å². The van der Waals surface area contributed by atoms with Gasteiger partial charge in [0.15, 0.2) is 0 Å². The average Bonchev–Trinajstić information content (AvgIpc) is 1.62. The molecule has 0 aliphatic rings. The molecule has 0 spiro atoms. The first-order valence-electron chi connectivity index (χ1n) is 33.9. The minimum absolute atomic E-state index is 0.0340. The van der Waals surface area contributed by atoms with Gasteiger partial charge in [0.25, 0.3) is 0 Å². The first-order valence-corrected chi connectivity index (χ1v) is 21.4. The molecule has 2 heterocycles. The predicted molar refractivity (Wildman–Crippen MR) is 288 cm³/mol. The van der Waals surface area contributed by atoms with Crippen molar-refractivity contribution in [2.45, 2.75) is 0 Å². The molecule has 0 atom stereocenters. The van der Waals surface area contributed by atoms with Gasteiger partial charge in [0.2, 0.25) is 0 Å². The molecule has 318 valence electrons. The summed E-state index contributed by atoms with van der Waals surface area (Å²) in [5.41, 5.74) is 2.41. The molecule has 68 heavy (non-hydrogen) atoms. The molecular formula is C66H44N2. The Morgan fingerprint density at radius 1 is 0.250 bits per heavy atom. The molecule has 0 amide bonds. The van der Waals surface area contributed by atoms with Crippen LogP contribution in [0, 0.1) is 0 Å². The Morgan fingerprint density at radius 2 is 0.603 bits per heavy atom. The van der Waals surface area contributed by atoms with E-state index in [-0.39, 0.29) is 66.9 Å². The second-order valence-corrected chi connectivity index (χ2v) is 15.8. The minimum atomic E-state index is -0.669. The van der Waals surface area contributed by atoms with Crippen LogP contribution in [-0.2, 0) is 0 Å². The van der Waals surface area contributed by atoms with Crippen LogP contribution < -0.4 is 0 Å². The summed E-state index contributed by atoms with van der Waals surface area (Å²) < 4.78 is 224. The summed E-state index contributed by atoms with van der Waals surface area (Å²) in [5, 5.41) is 2.05. The van der Waals surface area contributed by atoms with Gasteiger partial charge in [-0.25, -0.2) is 0 Å². The highest BCUT2D eigenvalue weighted by molar-refractivity contribution is 6.14. The molecule has 0 unspecified atom stereocenters. The summed E-state index contributed by atoms with van der Waals surface area (Å²) in [6.07, 6.45) is 0. The molecule has 13 rings (SSSR count). The number of hydrogen-bond donors (Lipinski definition) is 0. The van der Waals surface area contributed by atoms with Crippen molar-refractivity contribution in [1.82, 2.24) is 9.13 Å². The number of nitrogens with zero attached hydrogens (tertiary/aromatic N) is 2. The maximum Gasteiger partial charge on any atom is 0.0645 e. The molecule has 0 radical (unpaired) electrons. The van der Waals surface area contributed by atoms with Crippen LogP contribution in [0.4, 0.5) is 0 Å². The fraction of sp³-hybridized carbons (Fsp3) is 0. The van der Waals surface area contributed by atoms with Crippen molar-refractivity contribution in [2.75, 3.05) is 0 Å². The van der Waals surface area contributed by atoms with E-state index in [1.165, 1.54) is 28.8 Å². The molecular weight excluding hydrogens is 821 g/mol. The normalized spacial score (nSPS) is 16.7. The number of rotatable bonds is 8. The number of hydrogen-bond acceptors (Lipinski definition) is 0. The summed E-state index contributed by atoms with van der Waals surface area (Å²) in [6.45, 7) is 0. The van der Waals surface area contributed by atoms with Crippen molar-refractivity contribution in [2.24, 2.45) is 0 Å². The molecule has 11 aromatic carbocycles. The quantitative estimate of drug-likeness (QED) is 0.144. The van der Waals surface area contributed by atoms with Gasteiger partial charge >= 0.3 is 0 Å². The molecule has 0 saturated heterocycles. The molecule has 0 saturated carbocycles. The van der Waals surface area contributed by atoms with Crippen molar-refractivity contribution < 1.29 is 34.3 Å². The summed E-state index contributed by atoms with van der Waals surface area (Å²) in [6, 6.07) is 16.7. The Kier molecular flexibility index (Phi) is 5.22. The lowest BCUT2D eigenvalue weighted by atomic mass is 9.87. The minimum Gasteiger partial charge on any atom is -0.309 e. The number of benzene rings is 11. The highest BCUT2D eigenvalue weighted by Crippen LogP contribution is 2.45. The zero-order valence-electron chi connectivity index (χ0n) is 60.4. The second kappa shape index (κ2) is 16.5. The Balaban J connectivity index is 1.12. The Morgan fingerprint density at radius 3 is 1.06 bits per heavy atom. The summed E-state index contributed by atoms with van der Waals surface area (Å²) >= 11 is 0. The van der Waals surface area contributed by atoms with Crippen LogP contribution in [0.3, 0.4) is 0 Å². The maximum atomic E-state index is 9.26. The highest BCUT2D eigenvalue weighted by Gasteiger charge is 2.21. The third-order valence-corrected chi connectivity index (χ3v) is 12.2. The molecule has 0 bridgehead atoms. The van der Waals surface area contributed by atoms with Gasteiger partial charge in [-0.05, 0) is 127 Å². The zero-order chi connectivity index (χ0) is 66.7. The van der Waals surface area contributed by atoms with Crippen molar-refractivity contribution in [3.63, 3.8) is 0 Å². The Labute approximate surface area is 431 Å². The Hall–Kier alpha value is -8.98. The predicted octanol–water partition coefficient (Wildman–Crippen LogP) is 17.9. The number of fused-ring (bicyclic) bond motifs is 6. The fourth-order valence-corrected chi connectivity index (χ4v) is 9.41. The van der Waals surface area contributed by atoms with Gasteiger partial charge in [-0.2, -0.15) is 0 Å². The van der Waals surface area contributed by atoms with Gasteiger partial charge < -0.3 is 9.13 Å². The first kappa shape index (κ1) is 21.5. The van der Waals surface area contributed by atoms with Gasteiger partial charge in [0.05, 0.1) is 56.3 Å². The molecule has 0 aliphatic heterocycles. The summed E-state index contributed by atoms with van der Waals surface area (Å²) in [4.78, 5) is 0.